The van der Waals surface area contributed by atoms with Gasteiger partial charge in [0.15, 0.2) is 0 Å². The molecule has 1 unspecified atom stereocenters. The number of carbonyl (C=O) groups is 2. The second-order valence-corrected chi connectivity index (χ2v) is 4.98. The molecule has 5 heteroatoms. The minimum atomic E-state index is -0.274. The highest BCUT2D eigenvalue weighted by Gasteiger charge is 2.16. The fourth-order valence-corrected chi connectivity index (χ4v) is 1.82. The monoisotopic (exact) mass is 278 g/mol. The van der Waals surface area contributed by atoms with Crippen molar-refractivity contribution < 1.29 is 14.7 Å². The summed E-state index contributed by atoms with van der Waals surface area (Å²) >= 11 is 0. The topological polar surface area (TPSA) is 78.4 Å². The molecule has 20 heavy (non-hydrogen) atoms. The molecule has 1 aromatic carbocycles. The molecule has 1 atom stereocenters. The van der Waals surface area contributed by atoms with Crippen molar-refractivity contribution >= 4 is 11.8 Å². The SMILES string of the molecule is CC(C)C(CCO)NC(=O)CNC(=O)c1ccccc1. The van der Waals surface area contributed by atoms with Crippen LogP contribution in [0.15, 0.2) is 30.3 Å². The number of aliphatic hydroxyl groups is 1. The van der Waals surface area contributed by atoms with E-state index in [-0.39, 0.29) is 36.9 Å². The third-order valence-corrected chi connectivity index (χ3v) is 3.04. The molecule has 0 aliphatic carbocycles. The van der Waals surface area contributed by atoms with E-state index in [4.69, 9.17) is 5.11 Å². The van der Waals surface area contributed by atoms with Crippen molar-refractivity contribution in [3.05, 3.63) is 35.9 Å². The highest BCUT2D eigenvalue weighted by molar-refractivity contribution is 5.96. The molecule has 0 fully saturated rings. The van der Waals surface area contributed by atoms with Gasteiger partial charge in [0.25, 0.3) is 5.91 Å². The first-order valence-corrected chi connectivity index (χ1v) is 6.78. The lowest BCUT2D eigenvalue weighted by molar-refractivity contribution is -0.121. The van der Waals surface area contributed by atoms with Crippen molar-refractivity contribution in [2.24, 2.45) is 5.92 Å². The largest absolute Gasteiger partial charge is 0.396 e. The van der Waals surface area contributed by atoms with E-state index in [2.05, 4.69) is 10.6 Å². The molecule has 0 radical (unpaired) electrons. The number of benzene rings is 1. The van der Waals surface area contributed by atoms with Gasteiger partial charge in [-0.15, -0.1) is 0 Å². The zero-order valence-electron chi connectivity index (χ0n) is 11.9. The van der Waals surface area contributed by atoms with Crippen LogP contribution in [-0.2, 0) is 4.79 Å². The van der Waals surface area contributed by atoms with Crippen molar-refractivity contribution in [3.63, 3.8) is 0 Å². The minimum absolute atomic E-state index is 0.0273. The van der Waals surface area contributed by atoms with Crippen molar-refractivity contribution in [2.75, 3.05) is 13.2 Å². The molecule has 0 aromatic heterocycles. The van der Waals surface area contributed by atoms with Gasteiger partial charge in [0, 0.05) is 18.2 Å². The summed E-state index contributed by atoms with van der Waals surface area (Å²) in [6.07, 6.45) is 0.510. The van der Waals surface area contributed by atoms with E-state index < -0.39 is 0 Å². The molecule has 0 aliphatic rings. The maximum Gasteiger partial charge on any atom is 0.251 e. The maximum absolute atomic E-state index is 11.8. The normalized spacial score (nSPS) is 12.0. The molecule has 1 rings (SSSR count). The van der Waals surface area contributed by atoms with Crippen molar-refractivity contribution in [1.82, 2.24) is 10.6 Å². The van der Waals surface area contributed by atoms with E-state index in [1.54, 1.807) is 24.3 Å². The van der Waals surface area contributed by atoms with Crippen molar-refractivity contribution in [3.8, 4) is 0 Å². The van der Waals surface area contributed by atoms with E-state index >= 15 is 0 Å². The maximum atomic E-state index is 11.8. The van der Waals surface area contributed by atoms with Crippen molar-refractivity contribution in [1.29, 1.82) is 0 Å². The fraction of sp³-hybridized carbons (Fsp3) is 0.467. The number of nitrogens with one attached hydrogen (secondary N) is 2. The molecule has 0 saturated heterocycles. The number of carbonyl (C=O) groups excluding carboxylic acids is 2. The van der Waals surface area contributed by atoms with Gasteiger partial charge in [0.2, 0.25) is 5.91 Å². The first kappa shape index (κ1) is 16.2. The van der Waals surface area contributed by atoms with Gasteiger partial charge >= 0.3 is 0 Å². The summed E-state index contributed by atoms with van der Waals surface area (Å²) in [4.78, 5) is 23.5. The van der Waals surface area contributed by atoms with Crippen LogP contribution in [0.4, 0.5) is 0 Å². The van der Waals surface area contributed by atoms with Crippen LogP contribution < -0.4 is 10.6 Å². The summed E-state index contributed by atoms with van der Waals surface area (Å²) in [5, 5.41) is 14.3. The first-order chi connectivity index (χ1) is 9.54. The van der Waals surface area contributed by atoms with E-state index in [9.17, 15) is 9.59 Å². The third-order valence-electron chi connectivity index (χ3n) is 3.04. The van der Waals surface area contributed by atoms with Gasteiger partial charge in [-0.1, -0.05) is 32.0 Å². The first-order valence-electron chi connectivity index (χ1n) is 6.78. The molecule has 0 aliphatic heterocycles. The molecular formula is C15H22N2O3. The van der Waals surface area contributed by atoms with Crippen LogP contribution in [0.3, 0.4) is 0 Å². The molecule has 110 valence electrons. The predicted octanol–water partition coefficient (Wildman–Crippen LogP) is 0.940. The number of hydrogen-bond donors (Lipinski definition) is 3. The van der Waals surface area contributed by atoms with Crippen LogP contribution in [-0.4, -0.2) is 36.1 Å². The van der Waals surface area contributed by atoms with Crippen LogP contribution in [0.5, 0.6) is 0 Å². The van der Waals surface area contributed by atoms with Crippen LogP contribution >= 0.6 is 0 Å². The Kier molecular flexibility index (Phi) is 6.73. The van der Waals surface area contributed by atoms with E-state index in [1.807, 2.05) is 19.9 Å². The molecule has 0 spiro atoms. The van der Waals surface area contributed by atoms with Gasteiger partial charge in [-0.05, 0) is 24.5 Å². The van der Waals surface area contributed by atoms with Crippen LogP contribution in [0.25, 0.3) is 0 Å². The van der Waals surface area contributed by atoms with E-state index in [0.717, 1.165) is 0 Å². The molecule has 0 bridgehead atoms. The summed E-state index contributed by atoms with van der Waals surface area (Å²) in [5.41, 5.74) is 0.524. The Morgan fingerprint density at radius 2 is 1.85 bits per heavy atom. The van der Waals surface area contributed by atoms with Gasteiger partial charge in [0.1, 0.15) is 0 Å². The Labute approximate surface area is 119 Å². The van der Waals surface area contributed by atoms with Crippen LogP contribution in [0, 0.1) is 5.92 Å². The lowest BCUT2D eigenvalue weighted by atomic mass is 10.0. The van der Waals surface area contributed by atoms with Gasteiger partial charge < -0.3 is 15.7 Å². The summed E-state index contributed by atoms with van der Waals surface area (Å²) in [7, 11) is 0. The molecular weight excluding hydrogens is 256 g/mol. The highest BCUT2D eigenvalue weighted by Crippen LogP contribution is 2.05. The molecule has 1 aromatic rings. The quantitative estimate of drug-likeness (QED) is 0.694. The summed E-state index contributed by atoms with van der Waals surface area (Å²) in [6.45, 7) is 3.91. The average Bonchev–Trinajstić information content (AvgIpc) is 2.45. The molecule has 5 nitrogen and oxygen atoms in total. The molecule has 2 amide bonds. The number of aliphatic hydroxyl groups excluding tert-OH is 1. The van der Waals surface area contributed by atoms with Gasteiger partial charge in [0.05, 0.1) is 6.54 Å². The third kappa shape index (κ3) is 5.40. The van der Waals surface area contributed by atoms with Crippen LogP contribution in [0.1, 0.15) is 30.6 Å². The molecule has 0 heterocycles. The minimum Gasteiger partial charge on any atom is -0.396 e. The van der Waals surface area contributed by atoms with Gasteiger partial charge in [-0.2, -0.15) is 0 Å². The van der Waals surface area contributed by atoms with Crippen LogP contribution in [0.2, 0.25) is 0 Å². The zero-order valence-corrected chi connectivity index (χ0v) is 11.9. The van der Waals surface area contributed by atoms with E-state index in [0.29, 0.717) is 12.0 Å². The number of amides is 2. The number of rotatable bonds is 7. The average molecular weight is 278 g/mol. The second kappa shape index (κ2) is 8.32. The standard InChI is InChI=1S/C15H22N2O3/c1-11(2)13(8-9-18)17-14(19)10-16-15(20)12-6-4-3-5-7-12/h3-7,11,13,18H,8-10H2,1-2H3,(H,16,20)(H,17,19). The fourth-order valence-electron chi connectivity index (χ4n) is 1.82. The van der Waals surface area contributed by atoms with E-state index in [1.165, 1.54) is 0 Å². The summed E-state index contributed by atoms with van der Waals surface area (Å²) in [5.74, 6) is -0.290. The lowest BCUT2D eigenvalue weighted by Crippen LogP contribution is -2.44. The van der Waals surface area contributed by atoms with Gasteiger partial charge in [-0.3, -0.25) is 9.59 Å². The predicted molar refractivity (Wildman–Crippen MR) is 77.2 cm³/mol. The van der Waals surface area contributed by atoms with Gasteiger partial charge in [-0.25, -0.2) is 0 Å². The Morgan fingerprint density at radius 3 is 2.40 bits per heavy atom. The highest BCUT2D eigenvalue weighted by atomic mass is 16.3. The summed E-state index contributed by atoms with van der Waals surface area (Å²) in [6, 6.07) is 8.66. The lowest BCUT2D eigenvalue weighted by Gasteiger charge is -2.21. The Morgan fingerprint density at radius 1 is 1.20 bits per heavy atom. The van der Waals surface area contributed by atoms with Crippen molar-refractivity contribution in [2.45, 2.75) is 26.3 Å². The number of hydrogen-bond acceptors (Lipinski definition) is 3. The second-order valence-electron chi connectivity index (χ2n) is 4.98. The molecule has 3 N–H and O–H groups in total. The Bertz CT molecular complexity index is 432. The Balaban J connectivity index is 2.41. The summed E-state index contributed by atoms with van der Waals surface area (Å²) < 4.78 is 0. The zero-order chi connectivity index (χ0) is 15.0. The molecule has 0 saturated carbocycles. The smallest absolute Gasteiger partial charge is 0.251 e. The Hall–Kier alpha value is -1.88.